The van der Waals surface area contributed by atoms with Crippen molar-refractivity contribution in [3.8, 4) is 0 Å². The molecule has 0 rings (SSSR count). The summed E-state index contributed by atoms with van der Waals surface area (Å²) >= 11 is 0. The standard InChI is InChI=1S/C14H24O4/c1-6-7-8-9-12(13(15)17-10(2)3)14(16)18-11(4)5/h6,10-12H,1,7-9H2,2-5H3/i1D. The van der Waals surface area contributed by atoms with Crippen LogP contribution in [0.5, 0.6) is 0 Å². The van der Waals surface area contributed by atoms with Gasteiger partial charge in [-0.25, -0.2) is 0 Å². The summed E-state index contributed by atoms with van der Waals surface area (Å²) in [5.74, 6) is -1.94. The summed E-state index contributed by atoms with van der Waals surface area (Å²) in [6.07, 6.45) is 2.84. The van der Waals surface area contributed by atoms with Crippen LogP contribution in [0.2, 0.25) is 0 Å². The van der Waals surface area contributed by atoms with Crippen molar-refractivity contribution < 1.29 is 20.4 Å². The maximum Gasteiger partial charge on any atom is 0.320 e. The normalized spacial score (nSPS) is 12.3. The van der Waals surface area contributed by atoms with E-state index < -0.39 is 17.9 Å². The maximum absolute atomic E-state index is 11.9. The summed E-state index contributed by atoms with van der Waals surface area (Å²) in [5, 5.41) is 0. The number of hydrogen-bond acceptors (Lipinski definition) is 4. The van der Waals surface area contributed by atoms with Gasteiger partial charge in [-0.05, 0) is 47.0 Å². The monoisotopic (exact) mass is 257 g/mol. The van der Waals surface area contributed by atoms with Gasteiger partial charge >= 0.3 is 11.9 Å². The molecule has 0 atom stereocenters. The smallest absolute Gasteiger partial charge is 0.320 e. The molecule has 18 heavy (non-hydrogen) atoms. The van der Waals surface area contributed by atoms with E-state index in [0.29, 0.717) is 19.3 Å². The fraction of sp³-hybridized carbons (Fsp3) is 0.714. The molecular weight excluding hydrogens is 232 g/mol. The Morgan fingerprint density at radius 3 is 2.06 bits per heavy atom. The molecule has 0 aromatic carbocycles. The van der Waals surface area contributed by atoms with Gasteiger partial charge in [-0.3, -0.25) is 9.59 Å². The van der Waals surface area contributed by atoms with Crippen LogP contribution in [-0.2, 0) is 19.1 Å². The number of rotatable bonds is 8. The van der Waals surface area contributed by atoms with Gasteiger partial charge in [0.05, 0.1) is 13.6 Å². The molecule has 0 unspecified atom stereocenters. The van der Waals surface area contributed by atoms with Gasteiger partial charge in [-0.1, -0.05) is 6.08 Å². The fourth-order valence-corrected chi connectivity index (χ4v) is 1.40. The van der Waals surface area contributed by atoms with E-state index >= 15 is 0 Å². The van der Waals surface area contributed by atoms with E-state index in [9.17, 15) is 9.59 Å². The SMILES string of the molecule is [2H]C=CCCCC(C(=O)OC(C)C)C(=O)OC(C)C. The minimum absolute atomic E-state index is 0.255. The van der Waals surface area contributed by atoms with Crippen LogP contribution >= 0.6 is 0 Å². The summed E-state index contributed by atoms with van der Waals surface area (Å²) < 4.78 is 17.0. The van der Waals surface area contributed by atoms with Gasteiger partial charge in [0, 0.05) is 0 Å². The third kappa shape index (κ3) is 7.09. The lowest BCUT2D eigenvalue weighted by Crippen LogP contribution is -2.31. The van der Waals surface area contributed by atoms with E-state index in [4.69, 9.17) is 10.8 Å². The zero-order chi connectivity index (χ0) is 14.8. The highest BCUT2D eigenvalue weighted by molar-refractivity contribution is 5.95. The van der Waals surface area contributed by atoms with E-state index in [1.54, 1.807) is 33.8 Å². The first-order valence-corrected chi connectivity index (χ1v) is 6.32. The zero-order valence-corrected chi connectivity index (χ0v) is 11.6. The van der Waals surface area contributed by atoms with Crippen LogP contribution in [0.15, 0.2) is 12.6 Å². The highest BCUT2D eigenvalue weighted by Crippen LogP contribution is 2.15. The number of hydrogen-bond donors (Lipinski definition) is 0. The molecule has 0 N–H and O–H groups in total. The second-order valence-corrected chi connectivity index (χ2v) is 4.69. The van der Waals surface area contributed by atoms with Gasteiger partial charge in [0.25, 0.3) is 0 Å². The van der Waals surface area contributed by atoms with E-state index in [1.165, 1.54) is 6.55 Å². The second-order valence-electron chi connectivity index (χ2n) is 4.69. The lowest BCUT2D eigenvalue weighted by Gasteiger charge is -2.18. The molecule has 0 radical (unpaired) electrons. The zero-order valence-electron chi connectivity index (χ0n) is 12.6. The molecule has 0 aliphatic rings. The predicted octanol–water partition coefficient (Wildman–Crippen LogP) is 2.86. The van der Waals surface area contributed by atoms with E-state index in [1.807, 2.05) is 0 Å². The summed E-state index contributed by atoms with van der Waals surface area (Å²) in [4.78, 5) is 23.7. The number of esters is 2. The molecule has 0 bridgehead atoms. The fourth-order valence-electron chi connectivity index (χ4n) is 1.40. The van der Waals surface area contributed by atoms with Gasteiger partial charge in [0.2, 0.25) is 0 Å². The topological polar surface area (TPSA) is 52.6 Å². The first-order chi connectivity index (χ1) is 8.88. The van der Waals surface area contributed by atoms with Crippen LogP contribution in [0.1, 0.15) is 48.3 Å². The van der Waals surface area contributed by atoms with Crippen molar-refractivity contribution in [2.45, 2.75) is 59.2 Å². The molecule has 0 aromatic heterocycles. The Balaban J connectivity index is 4.53. The van der Waals surface area contributed by atoms with Crippen LogP contribution in [0.4, 0.5) is 0 Å². The van der Waals surface area contributed by atoms with Crippen molar-refractivity contribution in [1.29, 1.82) is 0 Å². The first-order valence-electron chi connectivity index (χ1n) is 6.90. The van der Waals surface area contributed by atoms with Crippen molar-refractivity contribution in [2.24, 2.45) is 5.92 Å². The number of unbranched alkanes of at least 4 members (excludes halogenated alkanes) is 1. The molecule has 0 saturated heterocycles. The summed E-state index contributed by atoms with van der Waals surface area (Å²) in [6, 6.07) is 0. The Kier molecular flexibility index (Phi) is 7.14. The van der Waals surface area contributed by atoms with E-state index in [2.05, 4.69) is 0 Å². The Labute approximate surface area is 111 Å². The van der Waals surface area contributed by atoms with E-state index in [0.717, 1.165) is 0 Å². The van der Waals surface area contributed by atoms with Crippen LogP contribution < -0.4 is 0 Å². The van der Waals surface area contributed by atoms with Gasteiger partial charge in [-0.2, -0.15) is 0 Å². The molecule has 0 saturated carbocycles. The minimum Gasteiger partial charge on any atom is -0.462 e. The predicted molar refractivity (Wildman–Crippen MR) is 70.0 cm³/mol. The molecular formula is C14H24O4. The largest absolute Gasteiger partial charge is 0.462 e. The van der Waals surface area contributed by atoms with Crippen LogP contribution in [-0.4, -0.2) is 24.1 Å². The van der Waals surface area contributed by atoms with Crippen LogP contribution in [0.3, 0.4) is 0 Å². The Bertz CT molecular complexity index is 289. The minimum atomic E-state index is -0.871. The lowest BCUT2D eigenvalue weighted by atomic mass is 10.0. The molecule has 0 aliphatic heterocycles. The molecule has 0 fully saturated rings. The van der Waals surface area contributed by atoms with Crippen molar-refractivity contribution in [1.82, 2.24) is 0 Å². The average Bonchev–Trinajstić information content (AvgIpc) is 2.26. The number of carbonyl (C=O) groups is 2. The quantitative estimate of drug-likeness (QED) is 0.290. The Hall–Kier alpha value is -1.32. The maximum atomic E-state index is 11.9. The molecule has 4 heteroatoms. The van der Waals surface area contributed by atoms with Crippen molar-refractivity contribution in [3.05, 3.63) is 12.6 Å². The highest BCUT2D eigenvalue weighted by atomic mass is 16.6. The van der Waals surface area contributed by atoms with Gasteiger partial charge in [0.1, 0.15) is 0 Å². The summed E-state index contributed by atoms with van der Waals surface area (Å²) in [7, 11) is 0. The molecule has 0 heterocycles. The van der Waals surface area contributed by atoms with Crippen molar-refractivity contribution in [3.63, 3.8) is 0 Å². The Morgan fingerprint density at radius 1 is 1.17 bits per heavy atom. The second kappa shape index (κ2) is 8.72. The summed E-state index contributed by atoms with van der Waals surface area (Å²) in [6.45, 7) is 8.17. The third-order valence-corrected chi connectivity index (χ3v) is 2.14. The third-order valence-electron chi connectivity index (χ3n) is 2.14. The molecule has 0 aromatic rings. The van der Waals surface area contributed by atoms with E-state index in [-0.39, 0.29) is 12.2 Å². The lowest BCUT2D eigenvalue weighted by molar-refractivity contribution is -0.166. The average molecular weight is 257 g/mol. The molecule has 104 valence electrons. The van der Waals surface area contributed by atoms with Crippen LogP contribution in [0, 0.1) is 5.92 Å². The van der Waals surface area contributed by atoms with Gasteiger partial charge in [0.15, 0.2) is 5.92 Å². The molecule has 0 amide bonds. The van der Waals surface area contributed by atoms with Gasteiger partial charge in [-0.15, -0.1) is 6.55 Å². The van der Waals surface area contributed by atoms with Crippen molar-refractivity contribution >= 4 is 11.9 Å². The highest BCUT2D eigenvalue weighted by Gasteiger charge is 2.30. The molecule has 4 nitrogen and oxygen atoms in total. The van der Waals surface area contributed by atoms with Crippen molar-refractivity contribution in [2.75, 3.05) is 0 Å². The number of carbonyl (C=O) groups excluding carboxylic acids is 2. The molecule has 0 aliphatic carbocycles. The number of ether oxygens (including phenoxy) is 2. The summed E-state index contributed by atoms with van der Waals surface area (Å²) in [5.41, 5.74) is 0. The number of allylic oxidation sites excluding steroid dienone is 1. The Morgan fingerprint density at radius 2 is 1.67 bits per heavy atom. The molecule has 0 spiro atoms. The van der Waals surface area contributed by atoms with Crippen LogP contribution in [0.25, 0.3) is 0 Å². The van der Waals surface area contributed by atoms with Gasteiger partial charge < -0.3 is 9.47 Å². The first kappa shape index (κ1) is 14.7.